The van der Waals surface area contributed by atoms with Gasteiger partial charge in [0, 0.05) is 13.0 Å². The largest absolute Gasteiger partial charge is 0.493 e. The smallest absolute Gasteiger partial charge is 0.238 e. The summed E-state index contributed by atoms with van der Waals surface area (Å²) < 4.78 is 42.3. The highest BCUT2D eigenvalue weighted by Gasteiger charge is 2.29. The van der Waals surface area contributed by atoms with Crippen LogP contribution in [0.3, 0.4) is 0 Å². The third kappa shape index (κ3) is 7.04. The number of benzene rings is 2. The van der Waals surface area contributed by atoms with Crippen molar-refractivity contribution in [1.82, 2.24) is 4.90 Å². The molecule has 34 heavy (non-hydrogen) atoms. The van der Waals surface area contributed by atoms with E-state index in [0.717, 1.165) is 11.1 Å². The molecule has 1 atom stereocenters. The number of methoxy groups -OCH3 is 1. The number of hydrogen-bond donors (Lipinski definition) is 0. The number of sulfone groups is 1. The van der Waals surface area contributed by atoms with E-state index in [0.29, 0.717) is 37.5 Å². The fourth-order valence-electron chi connectivity index (χ4n) is 3.62. The second-order valence-corrected chi connectivity index (χ2v) is 10.4. The maximum absolute atomic E-state index is 12.7. The molecular weight excluding hydrogens is 458 g/mol. The summed E-state index contributed by atoms with van der Waals surface area (Å²) in [5, 5.41) is 0. The molecule has 0 aromatic heterocycles. The van der Waals surface area contributed by atoms with Crippen LogP contribution >= 0.6 is 0 Å². The van der Waals surface area contributed by atoms with Gasteiger partial charge in [0.15, 0.2) is 21.3 Å². The summed E-state index contributed by atoms with van der Waals surface area (Å²) in [4.78, 5) is 25.6. The molecule has 0 aliphatic carbocycles. The van der Waals surface area contributed by atoms with E-state index in [2.05, 4.69) is 0 Å². The van der Waals surface area contributed by atoms with Gasteiger partial charge in [-0.3, -0.25) is 4.79 Å². The van der Waals surface area contributed by atoms with Gasteiger partial charge in [0.1, 0.15) is 24.2 Å². The lowest BCUT2D eigenvalue weighted by Crippen LogP contribution is -2.49. The molecule has 3 rings (SSSR count). The molecule has 1 fully saturated rings. The summed E-state index contributed by atoms with van der Waals surface area (Å²) in [7, 11) is -2.18. The van der Waals surface area contributed by atoms with Crippen molar-refractivity contribution in [2.75, 3.05) is 39.2 Å². The van der Waals surface area contributed by atoms with E-state index in [9.17, 15) is 18.0 Å². The van der Waals surface area contributed by atoms with Crippen LogP contribution in [0.25, 0.3) is 0 Å². The molecule has 2 aromatic rings. The first-order valence-electron chi connectivity index (χ1n) is 11.2. The predicted molar refractivity (Wildman–Crippen MR) is 127 cm³/mol. The number of morpholine rings is 1. The van der Waals surface area contributed by atoms with Gasteiger partial charge in [-0.1, -0.05) is 23.8 Å². The highest BCUT2D eigenvalue weighted by atomic mass is 32.2. The molecular formula is C25H31NO7S. The average Bonchev–Trinajstić information content (AvgIpc) is 2.81. The molecule has 1 heterocycles. The molecule has 1 unspecified atom stereocenters. The van der Waals surface area contributed by atoms with Gasteiger partial charge < -0.3 is 23.9 Å². The van der Waals surface area contributed by atoms with Crippen LogP contribution in [0.1, 0.15) is 24.5 Å². The van der Waals surface area contributed by atoms with Crippen LogP contribution in [0.2, 0.25) is 0 Å². The second-order valence-electron chi connectivity index (χ2n) is 8.40. The summed E-state index contributed by atoms with van der Waals surface area (Å²) in [6, 6.07) is 12.0. The molecule has 1 amide bonds. The SMILES string of the molecule is COc1cc(CCC(C)=O)ccc1OCC1CN(C(=O)CS(=O)(=O)c2ccc(C)cc2)CCO1. The zero-order valence-corrected chi connectivity index (χ0v) is 20.6. The first-order valence-corrected chi connectivity index (χ1v) is 12.8. The lowest BCUT2D eigenvalue weighted by molar-refractivity contribution is -0.137. The van der Waals surface area contributed by atoms with Crippen LogP contribution in [0, 0.1) is 6.92 Å². The number of ketones is 1. The number of carbonyl (C=O) groups excluding carboxylic acids is 2. The highest BCUT2D eigenvalue weighted by Crippen LogP contribution is 2.29. The van der Waals surface area contributed by atoms with Gasteiger partial charge in [-0.05, 0) is 50.1 Å². The van der Waals surface area contributed by atoms with Crippen molar-refractivity contribution in [1.29, 1.82) is 0 Å². The maximum Gasteiger partial charge on any atom is 0.238 e. The summed E-state index contributed by atoms with van der Waals surface area (Å²) in [5.41, 5.74) is 1.92. The summed E-state index contributed by atoms with van der Waals surface area (Å²) in [6.45, 7) is 4.47. The Bertz CT molecular complexity index is 1110. The van der Waals surface area contributed by atoms with Crippen LogP contribution in [0.15, 0.2) is 47.4 Å². The third-order valence-electron chi connectivity index (χ3n) is 5.60. The van der Waals surface area contributed by atoms with Gasteiger partial charge in [0.25, 0.3) is 0 Å². The predicted octanol–water partition coefficient (Wildman–Crippen LogP) is 2.61. The Morgan fingerprint density at radius 1 is 1.12 bits per heavy atom. The minimum atomic E-state index is -3.72. The summed E-state index contributed by atoms with van der Waals surface area (Å²) in [5.74, 6) is 0.164. The fourth-order valence-corrected chi connectivity index (χ4v) is 4.84. The molecule has 0 radical (unpaired) electrons. The Labute approximate surface area is 200 Å². The monoisotopic (exact) mass is 489 g/mol. The average molecular weight is 490 g/mol. The fraction of sp³-hybridized carbons (Fsp3) is 0.440. The van der Waals surface area contributed by atoms with Crippen LogP contribution in [-0.4, -0.2) is 70.3 Å². The minimum absolute atomic E-state index is 0.125. The van der Waals surface area contributed by atoms with Crippen molar-refractivity contribution in [3.8, 4) is 11.5 Å². The van der Waals surface area contributed by atoms with E-state index < -0.39 is 27.6 Å². The van der Waals surface area contributed by atoms with Crippen LogP contribution in [0.5, 0.6) is 11.5 Å². The molecule has 8 nitrogen and oxygen atoms in total. The Morgan fingerprint density at radius 2 is 1.85 bits per heavy atom. The normalized spacial score (nSPS) is 16.2. The first-order chi connectivity index (χ1) is 16.2. The Balaban J connectivity index is 1.57. The number of amides is 1. The molecule has 0 bridgehead atoms. The minimum Gasteiger partial charge on any atom is -0.493 e. The van der Waals surface area contributed by atoms with Crippen molar-refractivity contribution in [2.24, 2.45) is 0 Å². The Hall–Kier alpha value is -2.91. The maximum atomic E-state index is 12.7. The molecule has 0 N–H and O–H groups in total. The first kappa shape index (κ1) is 25.7. The standard InChI is InChI=1S/C25H31NO7S/c1-18-4-9-22(10-5-18)34(29,30)17-25(28)26-12-13-32-21(15-26)16-33-23-11-8-20(7-6-19(2)27)14-24(23)31-3/h4-5,8-11,14,21H,6-7,12-13,15-17H2,1-3H3. The van der Waals surface area contributed by atoms with Gasteiger partial charge in [-0.2, -0.15) is 0 Å². The molecule has 1 saturated heterocycles. The van der Waals surface area contributed by atoms with Gasteiger partial charge in [0.05, 0.1) is 25.2 Å². The van der Waals surface area contributed by atoms with Gasteiger partial charge in [0.2, 0.25) is 5.91 Å². The molecule has 1 aliphatic heterocycles. The number of carbonyl (C=O) groups is 2. The summed E-state index contributed by atoms with van der Waals surface area (Å²) in [6.07, 6.45) is 0.685. The van der Waals surface area contributed by atoms with E-state index in [4.69, 9.17) is 14.2 Å². The number of ether oxygens (including phenoxy) is 3. The Morgan fingerprint density at radius 3 is 2.53 bits per heavy atom. The molecule has 1 aliphatic rings. The zero-order valence-electron chi connectivity index (χ0n) is 19.8. The lowest BCUT2D eigenvalue weighted by Gasteiger charge is -2.33. The third-order valence-corrected chi connectivity index (χ3v) is 7.22. The molecule has 184 valence electrons. The number of nitrogens with zero attached hydrogens (tertiary/aromatic N) is 1. The van der Waals surface area contributed by atoms with E-state index in [1.54, 1.807) is 32.2 Å². The number of rotatable bonds is 10. The molecule has 0 saturated carbocycles. The van der Waals surface area contributed by atoms with Crippen molar-refractivity contribution in [3.63, 3.8) is 0 Å². The van der Waals surface area contributed by atoms with E-state index in [-0.39, 0.29) is 23.8 Å². The highest BCUT2D eigenvalue weighted by molar-refractivity contribution is 7.92. The quantitative estimate of drug-likeness (QED) is 0.506. The van der Waals surface area contributed by atoms with Gasteiger partial charge in [-0.15, -0.1) is 0 Å². The van der Waals surface area contributed by atoms with Crippen molar-refractivity contribution < 1.29 is 32.2 Å². The van der Waals surface area contributed by atoms with E-state index in [1.165, 1.54) is 17.0 Å². The summed E-state index contributed by atoms with van der Waals surface area (Å²) >= 11 is 0. The van der Waals surface area contributed by atoms with Crippen LogP contribution in [0.4, 0.5) is 0 Å². The number of Topliss-reactive ketones (excluding diaryl/α,β-unsaturated/α-hetero) is 1. The van der Waals surface area contributed by atoms with Crippen molar-refractivity contribution in [3.05, 3.63) is 53.6 Å². The van der Waals surface area contributed by atoms with Gasteiger partial charge >= 0.3 is 0 Å². The zero-order chi connectivity index (χ0) is 24.7. The molecule has 2 aromatic carbocycles. The topological polar surface area (TPSA) is 99.2 Å². The second kappa shape index (κ2) is 11.5. The van der Waals surface area contributed by atoms with Crippen LogP contribution in [-0.2, 0) is 30.6 Å². The number of aryl methyl sites for hydroxylation is 2. The van der Waals surface area contributed by atoms with Gasteiger partial charge in [-0.25, -0.2) is 8.42 Å². The van der Waals surface area contributed by atoms with E-state index in [1.807, 2.05) is 19.1 Å². The molecule has 9 heteroatoms. The lowest BCUT2D eigenvalue weighted by atomic mass is 10.1. The number of hydrogen-bond acceptors (Lipinski definition) is 7. The molecule has 0 spiro atoms. The van der Waals surface area contributed by atoms with Crippen LogP contribution < -0.4 is 9.47 Å². The Kier molecular flexibility index (Phi) is 8.68. The van der Waals surface area contributed by atoms with E-state index >= 15 is 0 Å². The van der Waals surface area contributed by atoms with Crippen molar-refractivity contribution in [2.45, 2.75) is 37.7 Å². The van der Waals surface area contributed by atoms with Crippen molar-refractivity contribution >= 4 is 21.5 Å².